The van der Waals surface area contributed by atoms with Gasteiger partial charge in [0.05, 0.1) is 5.92 Å². The highest BCUT2D eigenvalue weighted by molar-refractivity contribution is 5.93. The molecule has 1 aliphatic rings. The minimum atomic E-state index is -0.464. The zero-order valence-corrected chi connectivity index (χ0v) is 15.9. The van der Waals surface area contributed by atoms with Gasteiger partial charge in [-0.25, -0.2) is 0 Å². The lowest BCUT2D eigenvalue weighted by atomic mass is 9.74. The first-order valence-electron chi connectivity index (χ1n) is 8.32. The summed E-state index contributed by atoms with van der Waals surface area (Å²) in [4.78, 5) is 25.6. The molecule has 1 fully saturated rings. The smallest absolute Gasteiger partial charge is 0.259 e. The van der Waals surface area contributed by atoms with Gasteiger partial charge in [-0.3, -0.25) is 9.59 Å². The van der Waals surface area contributed by atoms with E-state index >= 15 is 0 Å². The summed E-state index contributed by atoms with van der Waals surface area (Å²) < 4.78 is 5.47. The number of anilines is 1. The lowest BCUT2D eigenvalue weighted by molar-refractivity contribution is -0.130. The number of hydrogen-bond acceptors (Lipinski definition) is 4. The van der Waals surface area contributed by atoms with Gasteiger partial charge in [-0.15, -0.1) is 12.4 Å². The molecule has 1 aromatic rings. The third kappa shape index (κ3) is 5.90. The molecule has 0 spiro atoms. The number of nitrogens with zero attached hydrogens (tertiary/aromatic N) is 1. The Morgan fingerprint density at radius 2 is 2.08 bits per heavy atom. The Morgan fingerprint density at radius 3 is 2.72 bits per heavy atom. The summed E-state index contributed by atoms with van der Waals surface area (Å²) in [7, 11) is 3.35. The molecule has 1 aromatic carbocycles. The highest BCUT2D eigenvalue weighted by Gasteiger charge is 2.37. The van der Waals surface area contributed by atoms with Crippen molar-refractivity contribution in [2.24, 2.45) is 11.7 Å². The average Bonchev–Trinajstić information content (AvgIpc) is 2.52. The first-order valence-corrected chi connectivity index (χ1v) is 8.32. The first-order chi connectivity index (χ1) is 11.3. The van der Waals surface area contributed by atoms with Crippen LogP contribution >= 0.6 is 12.4 Å². The highest BCUT2D eigenvalue weighted by atomic mass is 35.5. The number of carbonyl (C=O) groups is 2. The van der Waals surface area contributed by atoms with Crippen molar-refractivity contribution >= 4 is 29.9 Å². The Labute approximate surface area is 155 Å². The summed E-state index contributed by atoms with van der Waals surface area (Å²) in [5.41, 5.74) is 6.47. The van der Waals surface area contributed by atoms with E-state index in [9.17, 15) is 9.59 Å². The molecule has 140 valence electrons. The average molecular weight is 370 g/mol. The predicted octanol–water partition coefficient (Wildman–Crippen LogP) is 2.42. The number of likely N-dealkylation sites (N-methyl/N-ethyl adjacent to an activating group) is 1. The van der Waals surface area contributed by atoms with Gasteiger partial charge >= 0.3 is 0 Å². The fourth-order valence-corrected chi connectivity index (χ4v) is 2.96. The van der Waals surface area contributed by atoms with Gasteiger partial charge in [0.2, 0.25) is 5.91 Å². The lowest BCUT2D eigenvalue weighted by Gasteiger charge is -2.37. The number of nitrogens with two attached hydrogens (primary N) is 1. The van der Waals surface area contributed by atoms with Gasteiger partial charge in [0.1, 0.15) is 5.75 Å². The van der Waals surface area contributed by atoms with Crippen LogP contribution in [-0.2, 0) is 9.59 Å². The summed E-state index contributed by atoms with van der Waals surface area (Å²) in [6, 6.07) is 7.06. The molecule has 7 heteroatoms. The van der Waals surface area contributed by atoms with Gasteiger partial charge in [-0.2, -0.15) is 0 Å². The molecule has 1 saturated carbocycles. The summed E-state index contributed by atoms with van der Waals surface area (Å²) in [5, 5.41) is 2.92. The van der Waals surface area contributed by atoms with Crippen LogP contribution in [0.5, 0.6) is 5.75 Å². The Kier molecular flexibility index (Phi) is 7.70. The van der Waals surface area contributed by atoms with Crippen LogP contribution in [0.2, 0.25) is 0 Å². The Hall–Kier alpha value is -1.79. The molecule has 1 aliphatic carbocycles. The number of rotatable bonds is 5. The quantitative estimate of drug-likeness (QED) is 0.834. The molecule has 0 bridgehead atoms. The molecular weight excluding hydrogens is 342 g/mol. The van der Waals surface area contributed by atoms with Crippen molar-refractivity contribution in [3.05, 3.63) is 24.3 Å². The van der Waals surface area contributed by atoms with Crippen LogP contribution in [0, 0.1) is 5.92 Å². The highest BCUT2D eigenvalue weighted by Crippen LogP contribution is 2.32. The number of ether oxygens (including phenoxy) is 1. The van der Waals surface area contributed by atoms with Gasteiger partial charge < -0.3 is 20.7 Å². The van der Waals surface area contributed by atoms with E-state index in [4.69, 9.17) is 10.5 Å². The summed E-state index contributed by atoms with van der Waals surface area (Å²) in [6.07, 6.45) is 3.77. The second-order valence-corrected chi connectivity index (χ2v) is 6.90. The normalized spacial score (nSPS) is 22.5. The number of benzene rings is 1. The summed E-state index contributed by atoms with van der Waals surface area (Å²) in [6.45, 7) is 1.91. The fourth-order valence-electron chi connectivity index (χ4n) is 2.96. The Bertz CT molecular complexity index is 605. The van der Waals surface area contributed by atoms with E-state index in [1.165, 1.54) is 4.90 Å². The lowest BCUT2D eigenvalue weighted by Crippen LogP contribution is -2.51. The van der Waals surface area contributed by atoms with E-state index < -0.39 is 5.54 Å². The third-order valence-corrected chi connectivity index (χ3v) is 4.53. The molecule has 2 atom stereocenters. The topological polar surface area (TPSA) is 84.7 Å². The van der Waals surface area contributed by atoms with Crippen LogP contribution in [-0.4, -0.2) is 43.0 Å². The molecule has 0 aromatic heterocycles. The molecule has 0 heterocycles. The molecule has 0 radical (unpaired) electrons. The zero-order valence-electron chi connectivity index (χ0n) is 15.1. The minimum absolute atomic E-state index is 0. The van der Waals surface area contributed by atoms with Crippen LogP contribution < -0.4 is 15.8 Å². The number of nitrogens with one attached hydrogen (secondary N) is 1. The maximum Gasteiger partial charge on any atom is 0.259 e. The van der Waals surface area contributed by atoms with Crippen molar-refractivity contribution in [2.45, 2.75) is 38.1 Å². The maximum atomic E-state index is 12.6. The third-order valence-electron chi connectivity index (χ3n) is 4.53. The monoisotopic (exact) mass is 369 g/mol. The van der Waals surface area contributed by atoms with E-state index in [0.717, 1.165) is 25.7 Å². The number of amides is 2. The van der Waals surface area contributed by atoms with E-state index in [2.05, 4.69) is 5.32 Å². The van der Waals surface area contributed by atoms with Crippen molar-refractivity contribution in [3.63, 3.8) is 0 Å². The van der Waals surface area contributed by atoms with E-state index in [1.807, 2.05) is 6.92 Å². The van der Waals surface area contributed by atoms with Gasteiger partial charge in [-0.05, 0) is 31.9 Å². The van der Waals surface area contributed by atoms with Crippen LogP contribution in [0.15, 0.2) is 24.3 Å². The number of halogens is 1. The molecule has 0 saturated heterocycles. The molecule has 6 nitrogen and oxygen atoms in total. The SMILES string of the molecule is CN(C)C(=O)COc1cccc(NC(=O)C2CCCCC2(C)N)c1.Cl. The number of hydrogen-bond donors (Lipinski definition) is 2. The molecule has 2 unspecified atom stereocenters. The van der Waals surface area contributed by atoms with Crippen LogP contribution in [0.4, 0.5) is 5.69 Å². The zero-order chi connectivity index (χ0) is 17.7. The summed E-state index contributed by atoms with van der Waals surface area (Å²) >= 11 is 0. The van der Waals surface area contributed by atoms with Gasteiger partial charge in [0, 0.05) is 31.4 Å². The van der Waals surface area contributed by atoms with Crippen molar-refractivity contribution in [2.75, 3.05) is 26.0 Å². The molecule has 2 amide bonds. The standard InChI is InChI=1S/C18H27N3O3.ClH/c1-18(19)10-5-4-9-15(18)17(23)20-13-7-6-8-14(11-13)24-12-16(22)21(2)3;/h6-8,11,15H,4-5,9-10,12,19H2,1-3H3,(H,20,23);1H. The maximum absolute atomic E-state index is 12.6. The Morgan fingerprint density at radius 1 is 1.36 bits per heavy atom. The van der Waals surface area contributed by atoms with Crippen LogP contribution in [0.1, 0.15) is 32.6 Å². The van der Waals surface area contributed by atoms with E-state index in [0.29, 0.717) is 11.4 Å². The van der Waals surface area contributed by atoms with Crippen LogP contribution in [0.25, 0.3) is 0 Å². The van der Waals surface area contributed by atoms with Crippen LogP contribution in [0.3, 0.4) is 0 Å². The molecular formula is C18H28ClN3O3. The fraction of sp³-hybridized carbons (Fsp3) is 0.556. The largest absolute Gasteiger partial charge is 0.484 e. The van der Waals surface area contributed by atoms with Gasteiger partial charge in [0.25, 0.3) is 5.91 Å². The molecule has 3 N–H and O–H groups in total. The predicted molar refractivity (Wildman–Crippen MR) is 101 cm³/mol. The van der Waals surface area contributed by atoms with Crippen molar-refractivity contribution in [1.82, 2.24) is 4.90 Å². The van der Waals surface area contributed by atoms with Gasteiger partial charge in [-0.1, -0.05) is 18.9 Å². The molecule has 0 aliphatic heterocycles. The van der Waals surface area contributed by atoms with E-state index in [-0.39, 0.29) is 36.7 Å². The van der Waals surface area contributed by atoms with Crippen molar-refractivity contribution in [1.29, 1.82) is 0 Å². The second kappa shape index (κ2) is 9.06. The van der Waals surface area contributed by atoms with Crippen molar-refractivity contribution in [3.8, 4) is 5.75 Å². The molecule has 25 heavy (non-hydrogen) atoms. The Balaban J connectivity index is 0.00000312. The minimum Gasteiger partial charge on any atom is -0.484 e. The molecule has 2 rings (SSSR count). The van der Waals surface area contributed by atoms with Crippen molar-refractivity contribution < 1.29 is 14.3 Å². The van der Waals surface area contributed by atoms with E-state index in [1.54, 1.807) is 38.4 Å². The van der Waals surface area contributed by atoms with Gasteiger partial charge in [0.15, 0.2) is 6.61 Å². The second-order valence-electron chi connectivity index (χ2n) is 6.90. The summed E-state index contributed by atoms with van der Waals surface area (Å²) in [5.74, 6) is 0.181. The first kappa shape index (κ1) is 21.3. The number of carbonyl (C=O) groups excluding carboxylic acids is 2.